The highest BCUT2D eigenvalue weighted by Crippen LogP contribution is 2.53. The van der Waals surface area contributed by atoms with Crippen molar-refractivity contribution in [2.75, 3.05) is 0 Å². The van der Waals surface area contributed by atoms with E-state index in [1.165, 1.54) is 12.1 Å². The largest absolute Gasteiger partial charge is 0.359 e. The number of epoxide rings is 1. The van der Waals surface area contributed by atoms with Gasteiger partial charge in [-0.1, -0.05) is 35.3 Å². The Hall–Kier alpha value is -1.62. The van der Waals surface area contributed by atoms with Crippen LogP contribution in [-0.4, -0.2) is 4.92 Å². The SMILES string of the molecule is O=[N+]([O-])c1ccc([C@@H]2O[C@H]2c2cccc(Cl)c2Cl)cc1. The first-order chi connectivity index (χ1) is 9.58. The van der Waals surface area contributed by atoms with E-state index in [1.807, 2.05) is 12.1 Å². The lowest BCUT2D eigenvalue weighted by Gasteiger charge is -2.02. The molecule has 0 aromatic heterocycles. The Labute approximate surface area is 125 Å². The molecule has 0 spiro atoms. The summed E-state index contributed by atoms with van der Waals surface area (Å²) in [5.41, 5.74) is 1.78. The Morgan fingerprint density at radius 1 is 1.05 bits per heavy atom. The maximum Gasteiger partial charge on any atom is 0.269 e. The Bertz CT molecular complexity index is 673. The zero-order valence-corrected chi connectivity index (χ0v) is 11.6. The van der Waals surface area contributed by atoms with Crippen LogP contribution in [0.4, 0.5) is 5.69 Å². The van der Waals surface area contributed by atoms with Crippen LogP contribution in [-0.2, 0) is 4.74 Å². The number of halogens is 2. The summed E-state index contributed by atoms with van der Waals surface area (Å²) in [6.45, 7) is 0. The highest BCUT2D eigenvalue weighted by Gasteiger charge is 2.42. The average molecular weight is 310 g/mol. The van der Waals surface area contributed by atoms with Crippen molar-refractivity contribution in [1.29, 1.82) is 0 Å². The van der Waals surface area contributed by atoms with Gasteiger partial charge in [-0.2, -0.15) is 0 Å². The van der Waals surface area contributed by atoms with Crippen molar-refractivity contribution in [2.24, 2.45) is 0 Å². The molecule has 20 heavy (non-hydrogen) atoms. The van der Waals surface area contributed by atoms with Crippen molar-refractivity contribution in [3.8, 4) is 0 Å². The molecule has 1 aliphatic rings. The summed E-state index contributed by atoms with van der Waals surface area (Å²) in [6.07, 6.45) is -0.283. The molecule has 0 bridgehead atoms. The molecule has 1 saturated heterocycles. The second-order valence-corrected chi connectivity index (χ2v) is 5.25. The second kappa shape index (κ2) is 5.05. The highest BCUT2D eigenvalue weighted by molar-refractivity contribution is 6.42. The lowest BCUT2D eigenvalue weighted by molar-refractivity contribution is -0.384. The number of hydrogen-bond donors (Lipinski definition) is 0. The number of hydrogen-bond acceptors (Lipinski definition) is 3. The van der Waals surface area contributed by atoms with E-state index in [0.29, 0.717) is 10.0 Å². The van der Waals surface area contributed by atoms with E-state index in [9.17, 15) is 10.1 Å². The van der Waals surface area contributed by atoms with Gasteiger partial charge in [0, 0.05) is 17.7 Å². The molecule has 3 rings (SSSR count). The van der Waals surface area contributed by atoms with Crippen LogP contribution in [0.15, 0.2) is 42.5 Å². The minimum absolute atomic E-state index is 0.0618. The fourth-order valence-corrected chi connectivity index (χ4v) is 2.54. The predicted molar refractivity (Wildman–Crippen MR) is 76.1 cm³/mol. The zero-order valence-electron chi connectivity index (χ0n) is 10.1. The van der Waals surface area contributed by atoms with E-state index in [1.54, 1.807) is 18.2 Å². The molecule has 0 saturated carbocycles. The van der Waals surface area contributed by atoms with Crippen molar-refractivity contribution >= 4 is 28.9 Å². The third kappa shape index (κ3) is 2.38. The molecule has 102 valence electrons. The van der Waals surface area contributed by atoms with Crippen LogP contribution in [0.25, 0.3) is 0 Å². The van der Waals surface area contributed by atoms with E-state index >= 15 is 0 Å². The van der Waals surface area contributed by atoms with Crippen molar-refractivity contribution in [2.45, 2.75) is 12.2 Å². The van der Waals surface area contributed by atoms with Gasteiger partial charge >= 0.3 is 0 Å². The number of ether oxygens (including phenoxy) is 1. The maximum atomic E-state index is 10.6. The third-order valence-electron chi connectivity index (χ3n) is 3.21. The summed E-state index contributed by atoms with van der Waals surface area (Å²) >= 11 is 12.1. The first-order valence-corrected chi connectivity index (χ1v) is 6.67. The Kier molecular flexibility index (Phi) is 3.38. The summed E-state index contributed by atoms with van der Waals surface area (Å²) in [6, 6.07) is 11.7. The molecular formula is C14H9Cl2NO3. The molecule has 6 heteroatoms. The first-order valence-electron chi connectivity index (χ1n) is 5.91. The van der Waals surface area contributed by atoms with Gasteiger partial charge in [0.15, 0.2) is 0 Å². The fraction of sp³-hybridized carbons (Fsp3) is 0.143. The molecular weight excluding hydrogens is 301 g/mol. The lowest BCUT2D eigenvalue weighted by atomic mass is 10.0. The number of benzene rings is 2. The Morgan fingerprint density at radius 2 is 1.75 bits per heavy atom. The van der Waals surface area contributed by atoms with Crippen molar-refractivity contribution in [1.82, 2.24) is 0 Å². The maximum absolute atomic E-state index is 10.6. The number of rotatable bonds is 3. The number of nitro benzene ring substituents is 1. The van der Waals surface area contributed by atoms with E-state index in [4.69, 9.17) is 27.9 Å². The molecule has 0 radical (unpaired) electrons. The summed E-state index contributed by atoms with van der Waals surface area (Å²) in [7, 11) is 0. The number of nitrogens with zero attached hydrogens (tertiary/aromatic N) is 1. The summed E-state index contributed by atoms with van der Waals surface area (Å²) in [5, 5.41) is 11.6. The van der Waals surface area contributed by atoms with E-state index in [-0.39, 0.29) is 17.9 Å². The normalized spacial score (nSPS) is 20.7. The van der Waals surface area contributed by atoms with Gasteiger partial charge in [-0.3, -0.25) is 10.1 Å². The second-order valence-electron chi connectivity index (χ2n) is 4.47. The Morgan fingerprint density at radius 3 is 2.40 bits per heavy atom. The molecule has 1 heterocycles. The van der Waals surface area contributed by atoms with Crippen molar-refractivity contribution in [3.05, 3.63) is 73.8 Å². The van der Waals surface area contributed by atoms with E-state index in [0.717, 1.165) is 11.1 Å². The fourth-order valence-electron chi connectivity index (χ4n) is 2.13. The van der Waals surface area contributed by atoms with Crippen molar-refractivity contribution < 1.29 is 9.66 Å². The van der Waals surface area contributed by atoms with Gasteiger partial charge in [-0.15, -0.1) is 0 Å². The van der Waals surface area contributed by atoms with Gasteiger partial charge in [0.25, 0.3) is 5.69 Å². The van der Waals surface area contributed by atoms with Gasteiger partial charge in [-0.05, 0) is 23.8 Å². The smallest absolute Gasteiger partial charge is 0.269 e. The van der Waals surface area contributed by atoms with E-state index < -0.39 is 4.92 Å². The van der Waals surface area contributed by atoms with Gasteiger partial charge in [0.1, 0.15) is 12.2 Å². The monoisotopic (exact) mass is 309 g/mol. The molecule has 1 aliphatic heterocycles. The van der Waals surface area contributed by atoms with Gasteiger partial charge in [0.05, 0.1) is 15.0 Å². The minimum atomic E-state index is -0.428. The average Bonchev–Trinajstić information content (AvgIpc) is 3.22. The molecule has 0 aliphatic carbocycles. The summed E-state index contributed by atoms with van der Waals surface area (Å²) in [4.78, 5) is 10.2. The standard InChI is InChI=1S/C14H9Cl2NO3/c15-11-3-1-2-10(12(11)16)14-13(20-14)8-4-6-9(7-5-8)17(18)19/h1-7,13-14H/t13-,14-/m0/s1. The number of nitro groups is 1. The van der Waals surface area contributed by atoms with Gasteiger partial charge in [-0.25, -0.2) is 0 Å². The zero-order chi connectivity index (χ0) is 14.3. The first kappa shape index (κ1) is 13.4. The predicted octanol–water partition coefficient (Wildman–Crippen LogP) is 4.71. The van der Waals surface area contributed by atoms with Crippen LogP contribution in [0.3, 0.4) is 0 Å². The summed E-state index contributed by atoms with van der Waals surface area (Å²) in [5.74, 6) is 0. The Balaban J connectivity index is 1.82. The molecule has 0 amide bonds. The van der Waals surface area contributed by atoms with Gasteiger partial charge in [0.2, 0.25) is 0 Å². The minimum Gasteiger partial charge on any atom is -0.359 e. The van der Waals surface area contributed by atoms with E-state index in [2.05, 4.69) is 0 Å². The molecule has 2 aromatic carbocycles. The lowest BCUT2D eigenvalue weighted by Crippen LogP contribution is -1.89. The van der Waals surface area contributed by atoms with Crippen LogP contribution in [0.5, 0.6) is 0 Å². The highest BCUT2D eigenvalue weighted by atomic mass is 35.5. The molecule has 0 N–H and O–H groups in total. The van der Waals surface area contributed by atoms with Gasteiger partial charge < -0.3 is 4.74 Å². The van der Waals surface area contributed by atoms with Crippen molar-refractivity contribution in [3.63, 3.8) is 0 Å². The molecule has 1 fully saturated rings. The summed E-state index contributed by atoms with van der Waals surface area (Å²) < 4.78 is 5.61. The molecule has 4 nitrogen and oxygen atoms in total. The van der Waals surface area contributed by atoms with Crippen LogP contribution in [0.1, 0.15) is 23.3 Å². The number of non-ortho nitro benzene ring substituents is 1. The third-order valence-corrected chi connectivity index (χ3v) is 4.05. The van der Waals surface area contributed by atoms with Crippen LogP contribution >= 0.6 is 23.2 Å². The van der Waals surface area contributed by atoms with Crippen LogP contribution in [0.2, 0.25) is 10.0 Å². The molecule has 2 aromatic rings. The molecule has 0 unspecified atom stereocenters. The molecule has 2 atom stereocenters. The van der Waals surface area contributed by atoms with Crippen LogP contribution < -0.4 is 0 Å². The quantitative estimate of drug-likeness (QED) is 0.468. The topological polar surface area (TPSA) is 55.7 Å². The van der Waals surface area contributed by atoms with Crippen LogP contribution in [0, 0.1) is 10.1 Å².